The first-order chi connectivity index (χ1) is 11.2. The van der Waals surface area contributed by atoms with Crippen LogP contribution in [0.3, 0.4) is 0 Å². The normalized spacial score (nSPS) is 12.6. The van der Waals surface area contributed by atoms with Crippen molar-refractivity contribution in [3.8, 4) is 17.6 Å². The maximum Gasteiger partial charge on any atom is 0.263 e. The Morgan fingerprint density at radius 3 is 3.04 bits per heavy atom. The highest BCUT2D eigenvalue weighted by Crippen LogP contribution is 2.34. The number of anilines is 1. The van der Waals surface area contributed by atoms with Crippen LogP contribution in [0.1, 0.15) is 13.3 Å². The van der Waals surface area contributed by atoms with Crippen LogP contribution in [0.25, 0.3) is 0 Å². The summed E-state index contributed by atoms with van der Waals surface area (Å²) in [5.74, 6) is 0.881. The molecule has 1 aromatic rings. The molecular formula is C16H19N3O4. The molecule has 0 saturated heterocycles. The lowest BCUT2D eigenvalue weighted by atomic mass is 10.2. The monoisotopic (exact) mass is 317 g/mol. The van der Waals surface area contributed by atoms with Gasteiger partial charge in [0.15, 0.2) is 11.5 Å². The first kappa shape index (κ1) is 16.6. The Labute approximate surface area is 134 Å². The van der Waals surface area contributed by atoms with Gasteiger partial charge in [-0.2, -0.15) is 5.26 Å². The fourth-order valence-electron chi connectivity index (χ4n) is 1.91. The first-order valence-corrected chi connectivity index (χ1v) is 7.37. The Bertz CT molecular complexity index is 622. The summed E-state index contributed by atoms with van der Waals surface area (Å²) in [5.41, 5.74) is 0.699. The maximum absolute atomic E-state index is 11.9. The van der Waals surface area contributed by atoms with Crippen LogP contribution in [0.2, 0.25) is 0 Å². The van der Waals surface area contributed by atoms with Crippen molar-refractivity contribution in [2.24, 2.45) is 0 Å². The van der Waals surface area contributed by atoms with Crippen molar-refractivity contribution in [3.63, 3.8) is 0 Å². The zero-order valence-electron chi connectivity index (χ0n) is 12.9. The predicted octanol–water partition coefficient (Wildman–Crippen LogP) is 1.78. The van der Waals surface area contributed by atoms with Crippen LogP contribution >= 0.6 is 0 Å². The second kappa shape index (κ2) is 8.66. The van der Waals surface area contributed by atoms with E-state index in [1.165, 1.54) is 6.20 Å². The Hall–Kier alpha value is -2.72. The molecule has 2 N–H and O–H groups in total. The molecule has 0 unspecified atom stereocenters. The lowest BCUT2D eigenvalue weighted by Gasteiger charge is -2.06. The van der Waals surface area contributed by atoms with E-state index >= 15 is 0 Å². The molecule has 0 bridgehead atoms. The molecule has 7 nitrogen and oxygen atoms in total. The van der Waals surface area contributed by atoms with Crippen LogP contribution < -0.4 is 20.1 Å². The van der Waals surface area contributed by atoms with Gasteiger partial charge in [0.2, 0.25) is 6.79 Å². The van der Waals surface area contributed by atoms with E-state index in [-0.39, 0.29) is 12.4 Å². The van der Waals surface area contributed by atoms with Gasteiger partial charge in [0.05, 0.1) is 0 Å². The number of amides is 1. The highest BCUT2D eigenvalue weighted by atomic mass is 16.7. The topological polar surface area (TPSA) is 92.6 Å². The molecule has 0 aromatic heterocycles. The van der Waals surface area contributed by atoms with Gasteiger partial charge < -0.3 is 24.8 Å². The molecule has 0 radical (unpaired) electrons. The number of hydrogen-bond donors (Lipinski definition) is 2. The highest BCUT2D eigenvalue weighted by molar-refractivity contribution is 5.97. The van der Waals surface area contributed by atoms with E-state index in [1.54, 1.807) is 18.2 Å². The molecule has 122 valence electrons. The number of nitrogens with one attached hydrogen (secondary N) is 2. The zero-order chi connectivity index (χ0) is 16.5. The average Bonchev–Trinajstić information content (AvgIpc) is 3.03. The number of benzene rings is 1. The quantitative estimate of drug-likeness (QED) is 0.431. The molecule has 0 aliphatic carbocycles. The second-order valence-electron chi connectivity index (χ2n) is 4.69. The molecule has 1 aromatic carbocycles. The van der Waals surface area contributed by atoms with Crippen molar-refractivity contribution in [2.75, 3.05) is 31.9 Å². The lowest BCUT2D eigenvalue weighted by Crippen LogP contribution is -2.26. The van der Waals surface area contributed by atoms with Gasteiger partial charge in [-0.15, -0.1) is 0 Å². The molecule has 1 amide bonds. The van der Waals surface area contributed by atoms with Crippen LogP contribution in [-0.2, 0) is 9.53 Å². The number of carbonyl (C=O) groups is 1. The van der Waals surface area contributed by atoms with E-state index in [1.807, 2.05) is 13.0 Å². The summed E-state index contributed by atoms with van der Waals surface area (Å²) < 4.78 is 15.7. The summed E-state index contributed by atoms with van der Waals surface area (Å²) in [6.07, 6.45) is 2.07. The van der Waals surface area contributed by atoms with E-state index < -0.39 is 5.91 Å². The summed E-state index contributed by atoms with van der Waals surface area (Å²) >= 11 is 0. The number of ether oxygens (including phenoxy) is 3. The molecule has 0 saturated carbocycles. The molecular weight excluding hydrogens is 298 g/mol. The third-order valence-electron chi connectivity index (χ3n) is 3.08. The predicted molar refractivity (Wildman–Crippen MR) is 84.0 cm³/mol. The van der Waals surface area contributed by atoms with Gasteiger partial charge in [0, 0.05) is 37.7 Å². The number of rotatable bonds is 8. The standard InChI is InChI=1S/C16H19N3O4/c1-2-21-7-3-6-18-16(20)12(9-17)10-19-13-4-5-14-15(8-13)23-11-22-14/h4-5,8,10,19H,2-3,6-7,11H2,1H3,(H,18,20)/b12-10-. The van der Waals surface area contributed by atoms with Gasteiger partial charge in [0.1, 0.15) is 11.6 Å². The maximum atomic E-state index is 11.9. The molecule has 2 rings (SSSR count). The first-order valence-electron chi connectivity index (χ1n) is 7.37. The van der Waals surface area contributed by atoms with E-state index in [2.05, 4.69) is 10.6 Å². The molecule has 0 spiro atoms. The lowest BCUT2D eigenvalue weighted by molar-refractivity contribution is -0.117. The summed E-state index contributed by atoms with van der Waals surface area (Å²) in [5, 5.41) is 14.7. The molecule has 0 atom stereocenters. The van der Waals surface area contributed by atoms with Crippen LogP contribution in [0.5, 0.6) is 11.5 Å². The van der Waals surface area contributed by atoms with Crippen molar-refractivity contribution in [2.45, 2.75) is 13.3 Å². The third kappa shape index (κ3) is 4.90. The number of fused-ring (bicyclic) bond motifs is 1. The molecule has 23 heavy (non-hydrogen) atoms. The fraction of sp³-hybridized carbons (Fsp3) is 0.375. The van der Waals surface area contributed by atoms with E-state index in [0.29, 0.717) is 43.4 Å². The van der Waals surface area contributed by atoms with Gasteiger partial charge in [-0.05, 0) is 25.5 Å². The molecule has 1 heterocycles. The number of nitrogens with zero attached hydrogens (tertiary/aromatic N) is 1. The number of carbonyl (C=O) groups excluding carboxylic acids is 1. The summed E-state index contributed by atoms with van der Waals surface area (Å²) in [7, 11) is 0. The molecule has 1 aliphatic heterocycles. The van der Waals surface area contributed by atoms with Crippen molar-refractivity contribution in [3.05, 3.63) is 30.0 Å². The van der Waals surface area contributed by atoms with Crippen LogP contribution in [-0.4, -0.2) is 32.5 Å². The minimum absolute atomic E-state index is 0.000855. The van der Waals surface area contributed by atoms with Crippen molar-refractivity contribution in [1.29, 1.82) is 5.26 Å². The summed E-state index contributed by atoms with van der Waals surface area (Å²) in [6, 6.07) is 7.16. The van der Waals surface area contributed by atoms with Crippen molar-refractivity contribution in [1.82, 2.24) is 5.32 Å². The van der Waals surface area contributed by atoms with Crippen molar-refractivity contribution >= 4 is 11.6 Å². The van der Waals surface area contributed by atoms with Crippen LogP contribution in [0.4, 0.5) is 5.69 Å². The van der Waals surface area contributed by atoms with E-state index in [9.17, 15) is 4.79 Å². The zero-order valence-corrected chi connectivity index (χ0v) is 12.9. The third-order valence-corrected chi connectivity index (χ3v) is 3.08. The minimum Gasteiger partial charge on any atom is -0.454 e. The van der Waals surface area contributed by atoms with Gasteiger partial charge in [-0.1, -0.05) is 0 Å². The van der Waals surface area contributed by atoms with Crippen LogP contribution in [0, 0.1) is 11.3 Å². The smallest absolute Gasteiger partial charge is 0.263 e. The minimum atomic E-state index is -0.419. The molecule has 0 fully saturated rings. The Balaban J connectivity index is 1.86. The number of hydrogen-bond acceptors (Lipinski definition) is 6. The molecule has 1 aliphatic rings. The fourth-order valence-corrected chi connectivity index (χ4v) is 1.91. The second-order valence-corrected chi connectivity index (χ2v) is 4.69. The Morgan fingerprint density at radius 1 is 1.43 bits per heavy atom. The average molecular weight is 317 g/mol. The van der Waals surface area contributed by atoms with Crippen molar-refractivity contribution < 1.29 is 19.0 Å². The number of nitriles is 1. The van der Waals surface area contributed by atoms with Gasteiger partial charge >= 0.3 is 0 Å². The Kier molecular flexibility index (Phi) is 6.27. The Morgan fingerprint density at radius 2 is 2.26 bits per heavy atom. The molecule has 7 heteroatoms. The highest BCUT2D eigenvalue weighted by Gasteiger charge is 2.13. The van der Waals surface area contributed by atoms with Gasteiger partial charge in [-0.3, -0.25) is 4.79 Å². The summed E-state index contributed by atoms with van der Waals surface area (Å²) in [6.45, 7) is 3.80. The largest absolute Gasteiger partial charge is 0.454 e. The van der Waals surface area contributed by atoms with Gasteiger partial charge in [0.25, 0.3) is 5.91 Å². The van der Waals surface area contributed by atoms with E-state index in [4.69, 9.17) is 19.5 Å². The van der Waals surface area contributed by atoms with E-state index in [0.717, 1.165) is 0 Å². The van der Waals surface area contributed by atoms with Gasteiger partial charge in [-0.25, -0.2) is 0 Å². The van der Waals surface area contributed by atoms with Crippen LogP contribution in [0.15, 0.2) is 30.0 Å². The summed E-state index contributed by atoms with van der Waals surface area (Å²) in [4.78, 5) is 11.9. The SMILES string of the molecule is CCOCCCNC(=O)/C(C#N)=C\Nc1ccc2c(c1)OCO2.